The molecule has 1 unspecified atom stereocenters. The van der Waals surface area contributed by atoms with Crippen molar-refractivity contribution in [2.75, 3.05) is 11.9 Å². The maximum absolute atomic E-state index is 11.3. The standard InChI is InChI=1S/C10H16N4O4/c1-5(2)3-6(9(16)17)4-11-7-8(15)12-10(18)14-13-7/h5-6H,3-4H2,1-2H3,(H,11,13)(H,16,17)(H2,12,14,15,18). The molecule has 18 heavy (non-hydrogen) atoms. The monoisotopic (exact) mass is 256 g/mol. The Bertz CT molecular complexity index is 519. The van der Waals surface area contributed by atoms with Gasteiger partial charge >= 0.3 is 11.7 Å². The number of carboxylic acids is 1. The van der Waals surface area contributed by atoms with E-state index in [4.69, 9.17) is 5.11 Å². The van der Waals surface area contributed by atoms with Crippen molar-refractivity contribution in [2.24, 2.45) is 11.8 Å². The number of aliphatic carboxylic acids is 1. The van der Waals surface area contributed by atoms with Gasteiger partial charge in [-0.1, -0.05) is 13.8 Å². The quantitative estimate of drug-likeness (QED) is 0.549. The lowest BCUT2D eigenvalue weighted by Gasteiger charge is -2.14. The normalized spacial score (nSPS) is 12.4. The van der Waals surface area contributed by atoms with E-state index in [1.807, 2.05) is 18.8 Å². The molecule has 1 atom stereocenters. The second-order valence-corrected chi connectivity index (χ2v) is 4.40. The highest BCUT2D eigenvalue weighted by Gasteiger charge is 2.19. The summed E-state index contributed by atoms with van der Waals surface area (Å²) in [6, 6.07) is 0. The topological polar surface area (TPSA) is 128 Å². The first kappa shape index (κ1) is 13.9. The number of nitrogens with one attached hydrogen (secondary N) is 3. The molecule has 100 valence electrons. The molecule has 1 aromatic rings. The highest BCUT2D eigenvalue weighted by molar-refractivity contribution is 5.70. The molecule has 0 fully saturated rings. The first-order valence-corrected chi connectivity index (χ1v) is 5.55. The molecule has 0 radical (unpaired) electrons. The Morgan fingerprint density at radius 2 is 2.11 bits per heavy atom. The van der Waals surface area contributed by atoms with Crippen LogP contribution >= 0.6 is 0 Å². The van der Waals surface area contributed by atoms with Crippen LogP contribution in [-0.4, -0.2) is 32.8 Å². The largest absolute Gasteiger partial charge is 0.481 e. The van der Waals surface area contributed by atoms with Crippen molar-refractivity contribution in [1.29, 1.82) is 0 Å². The average molecular weight is 256 g/mol. The Morgan fingerprint density at radius 1 is 1.44 bits per heavy atom. The van der Waals surface area contributed by atoms with E-state index in [2.05, 4.69) is 15.5 Å². The number of H-pyrrole nitrogens is 2. The zero-order valence-electron chi connectivity index (χ0n) is 10.2. The van der Waals surface area contributed by atoms with Crippen molar-refractivity contribution >= 4 is 11.8 Å². The van der Waals surface area contributed by atoms with Crippen LogP contribution in [0.3, 0.4) is 0 Å². The SMILES string of the molecule is CC(C)CC(CNc1n[nH]c(=O)[nH]c1=O)C(=O)O. The van der Waals surface area contributed by atoms with E-state index in [0.29, 0.717) is 6.42 Å². The van der Waals surface area contributed by atoms with Crippen LogP contribution < -0.4 is 16.6 Å². The molecule has 1 aromatic heterocycles. The summed E-state index contributed by atoms with van der Waals surface area (Å²) in [6.07, 6.45) is 0.490. The number of aromatic amines is 2. The molecule has 1 heterocycles. The second-order valence-electron chi connectivity index (χ2n) is 4.40. The van der Waals surface area contributed by atoms with Crippen LogP contribution in [0.5, 0.6) is 0 Å². The van der Waals surface area contributed by atoms with E-state index in [9.17, 15) is 14.4 Å². The number of nitrogens with zero attached hydrogens (tertiary/aromatic N) is 1. The molecule has 8 nitrogen and oxygen atoms in total. The summed E-state index contributed by atoms with van der Waals surface area (Å²) in [5, 5.41) is 17.2. The molecule has 0 aliphatic carbocycles. The van der Waals surface area contributed by atoms with Crippen molar-refractivity contribution in [2.45, 2.75) is 20.3 Å². The zero-order chi connectivity index (χ0) is 13.7. The van der Waals surface area contributed by atoms with E-state index in [-0.39, 0.29) is 18.3 Å². The van der Waals surface area contributed by atoms with Crippen LogP contribution in [0.2, 0.25) is 0 Å². The van der Waals surface area contributed by atoms with Gasteiger partial charge in [-0.05, 0) is 12.3 Å². The van der Waals surface area contributed by atoms with Gasteiger partial charge in [0.1, 0.15) is 0 Å². The van der Waals surface area contributed by atoms with Crippen molar-refractivity contribution in [3.8, 4) is 0 Å². The molecule has 0 spiro atoms. The summed E-state index contributed by atoms with van der Waals surface area (Å²) in [5.74, 6) is -1.41. The number of rotatable bonds is 6. The number of hydrogen-bond donors (Lipinski definition) is 4. The van der Waals surface area contributed by atoms with Crippen LogP contribution in [0.25, 0.3) is 0 Å². The van der Waals surface area contributed by atoms with E-state index >= 15 is 0 Å². The third-order valence-corrected chi connectivity index (χ3v) is 2.33. The van der Waals surface area contributed by atoms with Crippen molar-refractivity contribution in [3.63, 3.8) is 0 Å². The molecule has 0 saturated heterocycles. The average Bonchev–Trinajstić information content (AvgIpc) is 2.25. The minimum absolute atomic E-state index is 0.0790. The van der Waals surface area contributed by atoms with Crippen molar-refractivity contribution in [1.82, 2.24) is 15.2 Å². The molecule has 0 aliphatic heterocycles. The Balaban J connectivity index is 2.70. The predicted octanol–water partition coefficient (Wildman–Crippen LogP) is -0.383. The van der Waals surface area contributed by atoms with Gasteiger partial charge in [-0.3, -0.25) is 14.6 Å². The third-order valence-electron chi connectivity index (χ3n) is 2.33. The van der Waals surface area contributed by atoms with E-state index in [1.165, 1.54) is 0 Å². The van der Waals surface area contributed by atoms with Gasteiger partial charge < -0.3 is 10.4 Å². The fraction of sp³-hybridized carbons (Fsp3) is 0.600. The Labute approximate surface area is 102 Å². The minimum atomic E-state index is -0.933. The van der Waals surface area contributed by atoms with Gasteiger partial charge in [0.05, 0.1) is 5.92 Å². The van der Waals surface area contributed by atoms with E-state index in [1.54, 1.807) is 0 Å². The first-order chi connectivity index (χ1) is 8.40. The molecular formula is C10H16N4O4. The van der Waals surface area contributed by atoms with Crippen LogP contribution in [0.15, 0.2) is 9.59 Å². The maximum Gasteiger partial charge on any atom is 0.342 e. The van der Waals surface area contributed by atoms with Crippen LogP contribution in [0, 0.1) is 11.8 Å². The maximum atomic E-state index is 11.3. The summed E-state index contributed by atoms with van der Waals surface area (Å²) in [6.45, 7) is 3.91. The van der Waals surface area contributed by atoms with Crippen molar-refractivity contribution in [3.05, 3.63) is 20.8 Å². The van der Waals surface area contributed by atoms with Gasteiger partial charge in [-0.15, -0.1) is 5.10 Å². The van der Waals surface area contributed by atoms with Gasteiger partial charge in [0.15, 0.2) is 0 Å². The molecule has 0 amide bonds. The van der Waals surface area contributed by atoms with E-state index in [0.717, 1.165) is 0 Å². The van der Waals surface area contributed by atoms with Crippen molar-refractivity contribution < 1.29 is 9.90 Å². The molecule has 0 bridgehead atoms. The molecule has 0 saturated carbocycles. The lowest BCUT2D eigenvalue weighted by Crippen LogP contribution is -2.30. The predicted molar refractivity (Wildman–Crippen MR) is 64.5 cm³/mol. The molecule has 1 rings (SSSR count). The fourth-order valence-electron chi connectivity index (χ4n) is 1.53. The highest BCUT2D eigenvalue weighted by Crippen LogP contribution is 2.12. The van der Waals surface area contributed by atoms with Gasteiger partial charge in [0, 0.05) is 6.54 Å². The summed E-state index contributed by atoms with van der Waals surface area (Å²) in [7, 11) is 0. The van der Waals surface area contributed by atoms with Gasteiger partial charge in [0.25, 0.3) is 5.56 Å². The molecule has 8 heteroatoms. The van der Waals surface area contributed by atoms with Crippen LogP contribution in [-0.2, 0) is 4.79 Å². The highest BCUT2D eigenvalue weighted by atomic mass is 16.4. The zero-order valence-corrected chi connectivity index (χ0v) is 10.2. The van der Waals surface area contributed by atoms with Crippen LogP contribution in [0.1, 0.15) is 20.3 Å². The van der Waals surface area contributed by atoms with Crippen LogP contribution in [0.4, 0.5) is 5.82 Å². The minimum Gasteiger partial charge on any atom is -0.481 e. The number of aromatic nitrogens is 3. The number of anilines is 1. The summed E-state index contributed by atoms with van der Waals surface area (Å²) in [5.41, 5.74) is -1.38. The lowest BCUT2D eigenvalue weighted by molar-refractivity contribution is -0.141. The summed E-state index contributed by atoms with van der Waals surface area (Å²) >= 11 is 0. The lowest BCUT2D eigenvalue weighted by atomic mass is 9.97. The fourth-order valence-corrected chi connectivity index (χ4v) is 1.53. The molecule has 0 aromatic carbocycles. The summed E-state index contributed by atoms with van der Waals surface area (Å²) in [4.78, 5) is 35.0. The summed E-state index contributed by atoms with van der Waals surface area (Å²) < 4.78 is 0. The molecule has 0 aliphatic rings. The Morgan fingerprint density at radius 3 is 2.61 bits per heavy atom. The third kappa shape index (κ3) is 4.04. The smallest absolute Gasteiger partial charge is 0.342 e. The Kier molecular flexibility index (Phi) is 4.64. The van der Waals surface area contributed by atoms with Gasteiger partial charge in [-0.2, -0.15) is 0 Å². The molecule has 4 N–H and O–H groups in total. The number of carboxylic acid groups (broad SMARTS) is 1. The number of hydrogen-bond acceptors (Lipinski definition) is 5. The Hall–Kier alpha value is -2.12. The second kappa shape index (κ2) is 5.99. The van der Waals surface area contributed by atoms with Gasteiger partial charge in [-0.25, -0.2) is 9.89 Å². The number of carbonyl (C=O) groups is 1. The van der Waals surface area contributed by atoms with Gasteiger partial charge in [0.2, 0.25) is 5.82 Å². The first-order valence-electron chi connectivity index (χ1n) is 5.55. The van der Waals surface area contributed by atoms with E-state index < -0.39 is 23.1 Å². The molecular weight excluding hydrogens is 240 g/mol.